The van der Waals surface area contributed by atoms with Crippen LogP contribution in [0.1, 0.15) is 12.0 Å². The van der Waals surface area contributed by atoms with E-state index in [2.05, 4.69) is 0 Å². The summed E-state index contributed by atoms with van der Waals surface area (Å²) in [5, 5.41) is 0.325. The van der Waals surface area contributed by atoms with Crippen LogP contribution < -0.4 is 4.74 Å². The lowest BCUT2D eigenvalue weighted by atomic mass is 10.1. The van der Waals surface area contributed by atoms with Gasteiger partial charge in [0, 0.05) is 17.9 Å². The van der Waals surface area contributed by atoms with Crippen molar-refractivity contribution < 1.29 is 13.9 Å². The first-order chi connectivity index (χ1) is 9.65. The van der Waals surface area contributed by atoms with Gasteiger partial charge in [-0.3, -0.25) is 4.79 Å². The molecule has 0 N–H and O–H groups in total. The summed E-state index contributed by atoms with van der Waals surface area (Å²) in [6.45, 7) is 0.290. The zero-order chi connectivity index (χ0) is 14.4. The van der Waals surface area contributed by atoms with Crippen molar-refractivity contribution in [2.24, 2.45) is 0 Å². The number of para-hydroxylation sites is 1. The maximum atomic E-state index is 13.5. The van der Waals surface area contributed by atoms with E-state index in [9.17, 15) is 9.18 Å². The van der Waals surface area contributed by atoms with E-state index in [0.717, 1.165) is 5.75 Å². The summed E-state index contributed by atoms with van der Waals surface area (Å²) in [7, 11) is 0. The van der Waals surface area contributed by atoms with Crippen LogP contribution >= 0.6 is 11.6 Å². The van der Waals surface area contributed by atoms with Crippen LogP contribution in [0.15, 0.2) is 48.5 Å². The Labute approximate surface area is 122 Å². The minimum absolute atomic E-state index is 0.0567. The zero-order valence-corrected chi connectivity index (χ0v) is 11.6. The predicted molar refractivity (Wildman–Crippen MR) is 76.7 cm³/mol. The van der Waals surface area contributed by atoms with Gasteiger partial charge in [0.2, 0.25) is 0 Å². The van der Waals surface area contributed by atoms with Crippen LogP contribution in [-0.4, -0.2) is 12.4 Å². The predicted octanol–water partition coefficient (Wildman–Crippen LogP) is 4.06. The van der Waals surface area contributed by atoms with Crippen LogP contribution in [0.5, 0.6) is 5.75 Å². The van der Waals surface area contributed by atoms with Gasteiger partial charge in [-0.15, -0.1) is 0 Å². The van der Waals surface area contributed by atoms with E-state index >= 15 is 0 Å². The Balaban J connectivity index is 1.81. The Bertz CT molecular complexity index is 584. The number of hydrogen-bond donors (Lipinski definition) is 0. The van der Waals surface area contributed by atoms with Crippen molar-refractivity contribution in [2.75, 3.05) is 6.61 Å². The average Bonchev–Trinajstić information content (AvgIpc) is 2.43. The van der Waals surface area contributed by atoms with Crippen molar-refractivity contribution in [3.8, 4) is 5.75 Å². The lowest BCUT2D eigenvalue weighted by Gasteiger charge is -2.06. The number of benzene rings is 2. The molecule has 0 aliphatic carbocycles. The monoisotopic (exact) mass is 292 g/mol. The van der Waals surface area contributed by atoms with Crippen LogP contribution in [0.2, 0.25) is 5.02 Å². The summed E-state index contributed by atoms with van der Waals surface area (Å²) >= 11 is 5.66. The molecule has 0 radical (unpaired) electrons. The van der Waals surface area contributed by atoms with Crippen molar-refractivity contribution >= 4 is 17.4 Å². The van der Waals surface area contributed by atoms with Gasteiger partial charge in [0.1, 0.15) is 17.3 Å². The normalized spacial score (nSPS) is 10.3. The number of hydrogen-bond acceptors (Lipinski definition) is 2. The fourth-order valence-electron chi connectivity index (χ4n) is 1.77. The lowest BCUT2D eigenvalue weighted by Crippen LogP contribution is -2.09. The van der Waals surface area contributed by atoms with Crippen molar-refractivity contribution in [3.05, 3.63) is 64.9 Å². The number of halogens is 2. The van der Waals surface area contributed by atoms with Crippen LogP contribution in [0.4, 0.5) is 4.39 Å². The molecule has 4 heteroatoms. The van der Waals surface area contributed by atoms with Crippen molar-refractivity contribution in [3.63, 3.8) is 0 Å². The third-order valence-corrected chi connectivity index (χ3v) is 3.03. The molecular formula is C16H14ClFO2. The second kappa shape index (κ2) is 7.06. The van der Waals surface area contributed by atoms with Gasteiger partial charge < -0.3 is 4.74 Å². The summed E-state index contributed by atoms with van der Waals surface area (Å²) in [6.07, 6.45) is 0.304. The maximum Gasteiger partial charge on any atom is 0.140 e. The van der Waals surface area contributed by atoms with Crippen LogP contribution in [0.25, 0.3) is 0 Å². The van der Waals surface area contributed by atoms with E-state index in [1.165, 1.54) is 12.1 Å². The van der Waals surface area contributed by atoms with E-state index in [0.29, 0.717) is 10.6 Å². The minimum atomic E-state index is -0.449. The van der Waals surface area contributed by atoms with Gasteiger partial charge in [-0.05, 0) is 29.8 Å². The SMILES string of the molecule is O=C(CCOc1ccccc1)Cc1ccc(Cl)cc1F. The highest BCUT2D eigenvalue weighted by molar-refractivity contribution is 6.30. The summed E-state index contributed by atoms with van der Waals surface area (Å²) in [5.41, 5.74) is 0.360. The molecule has 0 unspecified atom stereocenters. The number of ketones is 1. The lowest BCUT2D eigenvalue weighted by molar-refractivity contribution is -0.118. The highest BCUT2D eigenvalue weighted by Gasteiger charge is 2.09. The largest absolute Gasteiger partial charge is 0.493 e. The molecule has 0 bridgehead atoms. The number of Topliss-reactive ketones (excluding diaryl/α,β-unsaturated/α-hetero) is 1. The van der Waals surface area contributed by atoms with Crippen LogP contribution in [0, 0.1) is 5.82 Å². The molecule has 0 fully saturated rings. The quantitative estimate of drug-likeness (QED) is 0.802. The van der Waals surface area contributed by atoms with E-state index in [4.69, 9.17) is 16.3 Å². The summed E-state index contributed by atoms with van der Waals surface area (Å²) in [5.74, 6) is 0.204. The Morgan fingerprint density at radius 1 is 1.15 bits per heavy atom. The first-order valence-electron chi connectivity index (χ1n) is 6.28. The van der Waals surface area contributed by atoms with Crippen LogP contribution in [-0.2, 0) is 11.2 Å². The first-order valence-corrected chi connectivity index (χ1v) is 6.66. The standard InChI is InChI=1S/C16H14ClFO2/c17-13-7-6-12(16(18)11-13)10-14(19)8-9-20-15-4-2-1-3-5-15/h1-7,11H,8-10H2. The Morgan fingerprint density at radius 2 is 1.90 bits per heavy atom. The fourth-order valence-corrected chi connectivity index (χ4v) is 1.92. The molecule has 0 aromatic heterocycles. The van der Waals surface area contributed by atoms with Gasteiger partial charge in [0.05, 0.1) is 6.61 Å². The van der Waals surface area contributed by atoms with Gasteiger partial charge in [-0.25, -0.2) is 4.39 Å². The molecule has 0 aliphatic rings. The smallest absolute Gasteiger partial charge is 0.140 e. The molecule has 0 spiro atoms. The van der Waals surface area contributed by atoms with Crippen molar-refractivity contribution in [2.45, 2.75) is 12.8 Å². The number of rotatable bonds is 6. The van der Waals surface area contributed by atoms with E-state index < -0.39 is 5.82 Å². The number of carbonyl (C=O) groups is 1. The Morgan fingerprint density at radius 3 is 2.60 bits per heavy atom. The van der Waals surface area contributed by atoms with Gasteiger partial charge >= 0.3 is 0 Å². The molecule has 2 nitrogen and oxygen atoms in total. The molecule has 2 aromatic rings. The third-order valence-electron chi connectivity index (χ3n) is 2.80. The molecule has 20 heavy (non-hydrogen) atoms. The average molecular weight is 293 g/mol. The molecule has 0 aliphatic heterocycles. The molecule has 0 amide bonds. The van der Waals surface area contributed by atoms with Gasteiger partial charge in [-0.1, -0.05) is 35.9 Å². The minimum Gasteiger partial charge on any atom is -0.493 e. The Kier molecular flexibility index (Phi) is 5.13. The molecule has 0 saturated carbocycles. The van der Waals surface area contributed by atoms with E-state index in [1.54, 1.807) is 6.07 Å². The van der Waals surface area contributed by atoms with Gasteiger partial charge in [-0.2, -0.15) is 0 Å². The second-order valence-electron chi connectivity index (χ2n) is 4.36. The van der Waals surface area contributed by atoms with E-state index in [1.807, 2.05) is 30.3 Å². The summed E-state index contributed by atoms with van der Waals surface area (Å²) in [6, 6.07) is 13.6. The maximum absolute atomic E-state index is 13.5. The zero-order valence-electron chi connectivity index (χ0n) is 10.8. The molecule has 2 rings (SSSR count). The molecule has 2 aromatic carbocycles. The summed E-state index contributed by atoms with van der Waals surface area (Å²) in [4.78, 5) is 11.8. The topological polar surface area (TPSA) is 26.3 Å². The molecular weight excluding hydrogens is 279 g/mol. The molecule has 0 atom stereocenters. The van der Waals surface area contributed by atoms with Crippen LogP contribution in [0.3, 0.4) is 0 Å². The molecule has 0 saturated heterocycles. The van der Waals surface area contributed by atoms with Gasteiger partial charge in [0.15, 0.2) is 0 Å². The van der Waals surface area contributed by atoms with Gasteiger partial charge in [0.25, 0.3) is 0 Å². The third kappa shape index (κ3) is 4.35. The second-order valence-corrected chi connectivity index (χ2v) is 4.80. The highest BCUT2D eigenvalue weighted by Crippen LogP contribution is 2.16. The number of carbonyl (C=O) groups excluding carboxylic acids is 1. The molecule has 0 heterocycles. The first kappa shape index (κ1) is 14.5. The fraction of sp³-hybridized carbons (Fsp3) is 0.188. The Hall–Kier alpha value is -1.87. The van der Waals surface area contributed by atoms with Crippen molar-refractivity contribution in [1.82, 2.24) is 0 Å². The summed E-state index contributed by atoms with van der Waals surface area (Å²) < 4.78 is 19.0. The number of ether oxygens (including phenoxy) is 1. The highest BCUT2D eigenvalue weighted by atomic mass is 35.5. The molecule has 104 valence electrons. The van der Waals surface area contributed by atoms with E-state index in [-0.39, 0.29) is 25.2 Å². The van der Waals surface area contributed by atoms with Crippen molar-refractivity contribution in [1.29, 1.82) is 0 Å².